The number of carbonyl (C=O) groups is 2. The number of hydrogen-bond acceptors (Lipinski definition) is 4. The van der Waals surface area contributed by atoms with Crippen LogP contribution in [0.5, 0.6) is 0 Å². The molecule has 0 bridgehead atoms. The van der Waals surface area contributed by atoms with Gasteiger partial charge in [0, 0.05) is 25.5 Å². The number of imidazole rings is 1. The Bertz CT molecular complexity index is 594. The fraction of sp³-hybridized carbons (Fsp3) is 0.308. The topological polar surface area (TPSA) is 89.2 Å². The minimum atomic E-state index is -0.422. The van der Waals surface area contributed by atoms with Crippen LogP contribution in [0.25, 0.3) is 0 Å². The monoisotopic (exact) mass is 354 g/mol. The Kier molecular flexibility index (Phi) is 5.56. The van der Waals surface area contributed by atoms with Crippen molar-refractivity contribution in [1.29, 1.82) is 0 Å². The molecule has 0 unspecified atom stereocenters. The summed E-state index contributed by atoms with van der Waals surface area (Å²) in [5, 5.41) is 5.22. The fourth-order valence-corrected chi connectivity index (χ4v) is 1.96. The minimum absolute atomic E-state index is 0.0811. The highest BCUT2D eigenvalue weighted by Gasteiger charge is 2.11. The number of amides is 2. The first-order valence-corrected chi connectivity index (χ1v) is 7.20. The molecule has 2 heterocycles. The molecule has 2 rings (SSSR count). The molecule has 0 radical (unpaired) electrons. The number of nitrogens with one attached hydrogen (secondary N) is 2. The standard InChI is InChI=1S/C13H15BrN4O3/c14-11-3-2-10(21-11)13(20)17-8-12(19)16-4-1-6-18-7-5-15-9-18/h2-3,5,7,9H,1,4,6,8H2,(H,16,19)(H,17,20). The smallest absolute Gasteiger partial charge is 0.287 e. The van der Waals surface area contributed by atoms with Gasteiger partial charge in [-0.05, 0) is 34.5 Å². The van der Waals surface area contributed by atoms with Crippen LogP contribution in [0.3, 0.4) is 0 Å². The molecule has 112 valence electrons. The number of aryl methyl sites for hydroxylation is 1. The van der Waals surface area contributed by atoms with Gasteiger partial charge in [0.2, 0.25) is 5.91 Å². The van der Waals surface area contributed by atoms with Crippen LogP contribution in [0, 0.1) is 0 Å². The normalized spacial score (nSPS) is 10.3. The molecule has 0 aliphatic carbocycles. The van der Waals surface area contributed by atoms with Crippen molar-refractivity contribution in [2.24, 2.45) is 0 Å². The third-order valence-electron chi connectivity index (χ3n) is 2.68. The third kappa shape index (κ3) is 5.07. The average Bonchev–Trinajstić information content (AvgIpc) is 3.12. The lowest BCUT2D eigenvalue weighted by molar-refractivity contribution is -0.120. The number of halogens is 1. The molecule has 21 heavy (non-hydrogen) atoms. The van der Waals surface area contributed by atoms with E-state index in [0.717, 1.165) is 13.0 Å². The van der Waals surface area contributed by atoms with Crippen LogP contribution in [0.15, 0.2) is 39.9 Å². The van der Waals surface area contributed by atoms with E-state index in [1.165, 1.54) is 6.07 Å². The SMILES string of the molecule is O=C(CNC(=O)c1ccc(Br)o1)NCCCn1ccnc1. The summed E-state index contributed by atoms with van der Waals surface area (Å²) >= 11 is 3.11. The average molecular weight is 355 g/mol. The maximum Gasteiger partial charge on any atom is 0.287 e. The first kappa shape index (κ1) is 15.3. The van der Waals surface area contributed by atoms with E-state index in [2.05, 4.69) is 31.5 Å². The molecule has 0 atom stereocenters. The van der Waals surface area contributed by atoms with Crippen LogP contribution in [0.1, 0.15) is 17.0 Å². The molecule has 0 fully saturated rings. The molecule has 0 spiro atoms. The van der Waals surface area contributed by atoms with Crippen molar-refractivity contribution in [2.45, 2.75) is 13.0 Å². The molecular weight excluding hydrogens is 340 g/mol. The zero-order valence-electron chi connectivity index (χ0n) is 11.2. The van der Waals surface area contributed by atoms with Gasteiger partial charge >= 0.3 is 0 Å². The fourth-order valence-electron chi connectivity index (χ4n) is 1.65. The Morgan fingerprint density at radius 3 is 2.86 bits per heavy atom. The van der Waals surface area contributed by atoms with Crippen LogP contribution in [-0.4, -0.2) is 34.5 Å². The Hall–Kier alpha value is -2.09. The Morgan fingerprint density at radius 1 is 1.33 bits per heavy atom. The minimum Gasteiger partial charge on any atom is -0.444 e. The number of hydrogen-bond donors (Lipinski definition) is 2. The zero-order chi connectivity index (χ0) is 15.1. The summed E-state index contributed by atoms with van der Waals surface area (Å²) in [6, 6.07) is 3.15. The van der Waals surface area contributed by atoms with Crippen molar-refractivity contribution >= 4 is 27.7 Å². The van der Waals surface area contributed by atoms with Crippen molar-refractivity contribution in [3.63, 3.8) is 0 Å². The summed E-state index contributed by atoms with van der Waals surface area (Å²) in [5.41, 5.74) is 0. The third-order valence-corrected chi connectivity index (χ3v) is 3.11. The highest BCUT2D eigenvalue weighted by atomic mass is 79.9. The highest BCUT2D eigenvalue weighted by Crippen LogP contribution is 2.13. The van der Waals surface area contributed by atoms with E-state index in [9.17, 15) is 9.59 Å². The summed E-state index contributed by atoms with van der Waals surface area (Å²) in [4.78, 5) is 27.1. The molecule has 0 aliphatic heterocycles. The van der Waals surface area contributed by atoms with Crippen molar-refractivity contribution in [1.82, 2.24) is 20.2 Å². The maximum atomic E-state index is 11.6. The molecule has 8 heteroatoms. The Balaban J connectivity index is 1.60. The lowest BCUT2D eigenvalue weighted by atomic mass is 10.4. The van der Waals surface area contributed by atoms with Gasteiger partial charge in [-0.15, -0.1) is 0 Å². The first-order chi connectivity index (χ1) is 10.1. The maximum absolute atomic E-state index is 11.6. The van der Waals surface area contributed by atoms with Crippen LogP contribution in [-0.2, 0) is 11.3 Å². The van der Waals surface area contributed by atoms with E-state index in [1.54, 1.807) is 18.6 Å². The summed E-state index contributed by atoms with van der Waals surface area (Å²) in [6.45, 7) is 1.24. The van der Waals surface area contributed by atoms with E-state index in [-0.39, 0.29) is 18.2 Å². The second-order valence-electron chi connectivity index (χ2n) is 4.29. The molecule has 2 N–H and O–H groups in total. The molecule has 2 aromatic heterocycles. The summed E-state index contributed by atoms with van der Waals surface area (Å²) in [5.74, 6) is -0.497. The van der Waals surface area contributed by atoms with Crippen LogP contribution in [0.2, 0.25) is 0 Å². The number of furan rings is 1. The number of carbonyl (C=O) groups excluding carboxylic acids is 2. The van der Waals surface area contributed by atoms with Crippen LogP contribution >= 0.6 is 15.9 Å². The lowest BCUT2D eigenvalue weighted by Crippen LogP contribution is -2.37. The number of rotatable bonds is 7. The summed E-state index contributed by atoms with van der Waals surface area (Å²) in [7, 11) is 0. The van der Waals surface area contributed by atoms with Crippen molar-refractivity contribution in [3.8, 4) is 0 Å². The molecular formula is C13H15BrN4O3. The van der Waals surface area contributed by atoms with E-state index < -0.39 is 5.91 Å². The van der Waals surface area contributed by atoms with Gasteiger partial charge in [0.25, 0.3) is 5.91 Å². The molecule has 7 nitrogen and oxygen atoms in total. The second kappa shape index (κ2) is 7.63. The molecule has 2 amide bonds. The van der Waals surface area contributed by atoms with Crippen LogP contribution in [0.4, 0.5) is 0 Å². The quantitative estimate of drug-likeness (QED) is 0.730. The van der Waals surface area contributed by atoms with Gasteiger partial charge in [0.15, 0.2) is 10.4 Å². The number of nitrogens with zero attached hydrogens (tertiary/aromatic N) is 2. The Labute approximate surface area is 129 Å². The van der Waals surface area contributed by atoms with E-state index in [0.29, 0.717) is 11.2 Å². The second-order valence-corrected chi connectivity index (χ2v) is 5.07. The van der Waals surface area contributed by atoms with Crippen LogP contribution < -0.4 is 10.6 Å². The Morgan fingerprint density at radius 2 is 2.19 bits per heavy atom. The zero-order valence-corrected chi connectivity index (χ0v) is 12.8. The van der Waals surface area contributed by atoms with Gasteiger partial charge in [0.05, 0.1) is 12.9 Å². The summed E-state index contributed by atoms with van der Waals surface area (Å²) in [6.07, 6.45) is 6.09. The lowest BCUT2D eigenvalue weighted by Gasteiger charge is -2.06. The van der Waals surface area contributed by atoms with Crippen molar-refractivity contribution in [2.75, 3.05) is 13.1 Å². The first-order valence-electron chi connectivity index (χ1n) is 6.41. The van der Waals surface area contributed by atoms with Gasteiger partial charge in [-0.3, -0.25) is 9.59 Å². The molecule has 0 aromatic carbocycles. The highest BCUT2D eigenvalue weighted by molar-refractivity contribution is 9.10. The van der Waals surface area contributed by atoms with Gasteiger partial charge < -0.3 is 19.6 Å². The van der Waals surface area contributed by atoms with Crippen molar-refractivity contribution in [3.05, 3.63) is 41.3 Å². The van der Waals surface area contributed by atoms with E-state index >= 15 is 0 Å². The van der Waals surface area contributed by atoms with Gasteiger partial charge in [-0.1, -0.05) is 0 Å². The van der Waals surface area contributed by atoms with Gasteiger partial charge in [-0.2, -0.15) is 0 Å². The number of aromatic nitrogens is 2. The van der Waals surface area contributed by atoms with E-state index in [4.69, 9.17) is 4.42 Å². The summed E-state index contributed by atoms with van der Waals surface area (Å²) < 4.78 is 7.48. The predicted molar refractivity (Wildman–Crippen MR) is 78.6 cm³/mol. The largest absolute Gasteiger partial charge is 0.444 e. The molecule has 0 saturated heterocycles. The molecule has 0 aliphatic rings. The van der Waals surface area contributed by atoms with E-state index in [1.807, 2.05) is 10.8 Å². The van der Waals surface area contributed by atoms with Gasteiger partial charge in [-0.25, -0.2) is 4.98 Å². The van der Waals surface area contributed by atoms with Crippen molar-refractivity contribution < 1.29 is 14.0 Å². The molecule has 0 saturated carbocycles. The predicted octanol–water partition coefficient (Wildman–Crippen LogP) is 1.17. The van der Waals surface area contributed by atoms with Gasteiger partial charge in [0.1, 0.15) is 0 Å². The molecule has 2 aromatic rings.